The molecule has 1 aliphatic heterocycles. The van der Waals surface area contributed by atoms with Crippen LogP contribution in [-0.2, 0) is 19.1 Å². The van der Waals surface area contributed by atoms with Gasteiger partial charge >= 0.3 is 5.97 Å². The first-order valence-electron chi connectivity index (χ1n) is 8.21. The van der Waals surface area contributed by atoms with Gasteiger partial charge in [-0.1, -0.05) is 13.0 Å². The Morgan fingerprint density at radius 1 is 1.29 bits per heavy atom. The Hall–Kier alpha value is -2.34. The van der Waals surface area contributed by atoms with E-state index in [0.717, 1.165) is 38.4 Å². The van der Waals surface area contributed by atoms with Gasteiger partial charge in [0.05, 0.1) is 13.2 Å². The topological polar surface area (TPSA) is 67.9 Å². The van der Waals surface area contributed by atoms with Crippen molar-refractivity contribution in [3.63, 3.8) is 0 Å². The number of carbonyl (C=O) groups excluding carboxylic acids is 2. The van der Waals surface area contributed by atoms with E-state index in [4.69, 9.17) is 9.47 Å². The fourth-order valence-corrected chi connectivity index (χ4v) is 2.30. The van der Waals surface area contributed by atoms with Gasteiger partial charge in [-0.3, -0.25) is 4.79 Å². The van der Waals surface area contributed by atoms with E-state index in [9.17, 15) is 9.59 Å². The number of hydrogen-bond donors (Lipinski definition) is 1. The average Bonchev–Trinajstić information content (AvgIpc) is 2.61. The summed E-state index contributed by atoms with van der Waals surface area (Å²) < 4.78 is 10.4. The van der Waals surface area contributed by atoms with Crippen LogP contribution in [0.2, 0.25) is 0 Å². The molecule has 0 unspecified atom stereocenters. The number of ether oxygens (including phenoxy) is 2. The zero-order valence-corrected chi connectivity index (χ0v) is 14.2. The van der Waals surface area contributed by atoms with E-state index in [-0.39, 0.29) is 5.91 Å². The summed E-state index contributed by atoms with van der Waals surface area (Å²) in [4.78, 5) is 25.8. The van der Waals surface area contributed by atoms with Crippen LogP contribution in [0.5, 0.6) is 0 Å². The third-order valence-corrected chi connectivity index (χ3v) is 3.66. The van der Waals surface area contributed by atoms with Crippen molar-refractivity contribution in [2.45, 2.75) is 26.4 Å². The predicted octanol–water partition coefficient (Wildman–Crippen LogP) is 2.36. The number of morpholine rings is 1. The number of allylic oxidation sites excluding steroid dienone is 1. The van der Waals surface area contributed by atoms with Crippen LogP contribution in [0.4, 0.5) is 11.4 Å². The lowest BCUT2D eigenvalue weighted by molar-refractivity contribution is -0.148. The number of rotatable bonds is 6. The zero-order chi connectivity index (χ0) is 17.4. The maximum atomic E-state index is 12.1. The highest BCUT2D eigenvalue weighted by atomic mass is 16.5. The molecular formula is C18H24N2O4. The van der Waals surface area contributed by atoms with Crippen LogP contribution in [0.15, 0.2) is 36.4 Å². The van der Waals surface area contributed by atoms with E-state index in [2.05, 4.69) is 10.2 Å². The second-order valence-corrected chi connectivity index (χ2v) is 5.53. The van der Waals surface area contributed by atoms with Gasteiger partial charge in [-0.15, -0.1) is 0 Å². The van der Waals surface area contributed by atoms with Gasteiger partial charge < -0.3 is 19.7 Å². The van der Waals surface area contributed by atoms with E-state index < -0.39 is 12.1 Å². The van der Waals surface area contributed by atoms with Crippen molar-refractivity contribution in [3.8, 4) is 0 Å². The molecule has 0 bridgehead atoms. The average molecular weight is 332 g/mol. The fraction of sp³-hybridized carbons (Fsp3) is 0.444. The number of nitrogens with one attached hydrogen (secondary N) is 1. The molecule has 0 aliphatic carbocycles. The van der Waals surface area contributed by atoms with Crippen LogP contribution < -0.4 is 10.2 Å². The van der Waals surface area contributed by atoms with Gasteiger partial charge in [-0.2, -0.15) is 0 Å². The molecule has 0 aromatic heterocycles. The molecule has 1 saturated heterocycles. The minimum atomic E-state index is -0.849. The summed E-state index contributed by atoms with van der Waals surface area (Å²) in [5.41, 5.74) is 1.77. The van der Waals surface area contributed by atoms with Gasteiger partial charge in [-0.25, -0.2) is 4.79 Å². The Morgan fingerprint density at radius 3 is 2.58 bits per heavy atom. The quantitative estimate of drug-likeness (QED) is 0.640. The first-order chi connectivity index (χ1) is 11.6. The molecule has 130 valence electrons. The minimum absolute atomic E-state index is 0.354. The highest BCUT2D eigenvalue weighted by Gasteiger charge is 2.17. The van der Waals surface area contributed by atoms with Crippen LogP contribution in [0.3, 0.4) is 0 Å². The summed E-state index contributed by atoms with van der Waals surface area (Å²) in [5.74, 6) is -0.866. The lowest BCUT2D eigenvalue weighted by Crippen LogP contribution is -2.36. The highest BCUT2D eigenvalue weighted by molar-refractivity contribution is 5.96. The number of anilines is 2. The van der Waals surface area contributed by atoms with Crippen molar-refractivity contribution in [3.05, 3.63) is 36.4 Å². The third kappa shape index (κ3) is 5.38. The molecule has 1 fully saturated rings. The Balaban J connectivity index is 1.86. The van der Waals surface area contributed by atoms with E-state index >= 15 is 0 Å². The predicted molar refractivity (Wildman–Crippen MR) is 93.1 cm³/mol. The maximum Gasteiger partial charge on any atom is 0.331 e. The number of benzene rings is 1. The van der Waals surface area contributed by atoms with E-state index in [1.165, 1.54) is 6.08 Å². The highest BCUT2D eigenvalue weighted by Crippen LogP contribution is 2.19. The molecule has 1 aromatic carbocycles. The van der Waals surface area contributed by atoms with Crippen LogP contribution in [0, 0.1) is 0 Å². The van der Waals surface area contributed by atoms with E-state index in [0.29, 0.717) is 5.69 Å². The Bertz CT molecular complexity index is 577. The van der Waals surface area contributed by atoms with E-state index in [1.54, 1.807) is 13.0 Å². The molecule has 1 aromatic rings. The van der Waals surface area contributed by atoms with Gasteiger partial charge in [0.25, 0.3) is 5.91 Å². The summed E-state index contributed by atoms with van der Waals surface area (Å²) in [6.45, 7) is 6.66. The van der Waals surface area contributed by atoms with Crippen molar-refractivity contribution in [2.75, 3.05) is 36.5 Å². The third-order valence-electron chi connectivity index (χ3n) is 3.66. The Kier molecular flexibility index (Phi) is 6.81. The second kappa shape index (κ2) is 9.08. The first-order valence-corrected chi connectivity index (χ1v) is 8.21. The van der Waals surface area contributed by atoms with Gasteiger partial charge in [0.1, 0.15) is 0 Å². The SMILES string of the molecule is CC/C=C/C(=O)O[C@H](C)C(=O)Nc1ccc(N2CCOCC2)cc1. The molecule has 1 heterocycles. The van der Waals surface area contributed by atoms with Crippen LogP contribution in [-0.4, -0.2) is 44.3 Å². The van der Waals surface area contributed by atoms with Crippen molar-refractivity contribution in [2.24, 2.45) is 0 Å². The molecule has 6 nitrogen and oxygen atoms in total. The number of carbonyl (C=O) groups is 2. The molecule has 24 heavy (non-hydrogen) atoms. The molecule has 0 spiro atoms. The summed E-state index contributed by atoms with van der Waals surface area (Å²) >= 11 is 0. The first kappa shape index (κ1) is 18.0. The number of hydrogen-bond acceptors (Lipinski definition) is 5. The lowest BCUT2D eigenvalue weighted by Gasteiger charge is -2.28. The summed E-state index contributed by atoms with van der Waals surface area (Å²) in [6, 6.07) is 7.60. The molecule has 0 saturated carbocycles. The van der Waals surface area contributed by atoms with Crippen LogP contribution in [0.1, 0.15) is 20.3 Å². The van der Waals surface area contributed by atoms with Crippen LogP contribution >= 0.6 is 0 Å². The smallest absolute Gasteiger partial charge is 0.331 e. The number of nitrogens with zero attached hydrogens (tertiary/aromatic N) is 1. The molecular weight excluding hydrogens is 308 g/mol. The van der Waals surface area contributed by atoms with Crippen molar-refractivity contribution in [1.82, 2.24) is 0 Å². The van der Waals surface area contributed by atoms with Crippen molar-refractivity contribution in [1.29, 1.82) is 0 Å². The van der Waals surface area contributed by atoms with E-state index in [1.807, 2.05) is 31.2 Å². The summed E-state index contributed by atoms with van der Waals surface area (Å²) in [7, 11) is 0. The summed E-state index contributed by atoms with van der Waals surface area (Å²) in [6.07, 6.45) is 2.92. The summed E-state index contributed by atoms with van der Waals surface area (Å²) in [5, 5.41) is 2.75. The second-order valence-electron chi connectivity index (χ2n) is 5.53. The molecule has 6 heteroatoms. The minimum Gasteiger partial charge on any atom is -0.449 e. The molecule has 1 N–H and O–H groups in total. The molecule has 2 rings (SSSR count). The lowest BCUT2D eigenvalue weighted by atomic mass is 10.2. The molecule has 1 atom stereocenters. The Morgan fingerprint density at radius 2 is 1.96 bits per heavy atom. The van der Waals surface area contributed by atoms with Gasteiger partial charge in [0, 0.05) is 30.5 Å². The number of amides is 1. The van der Waals surface area contributed by atoms with Crippen molar-refractivity contribution < 1.29 is 19.1 Å². The fourth-order valence-electron chi connectivity index (χ4n) is 2.30. The van der Waals surface area contributed by atoms with Gasteiger partial charge in [-0.05, 0) is 37.6 Å². The normalized spacial score (nSPS) is 16.0. The Labute approximate surface area is 142 Å². The largest absolute Gasteiger partial charge is 0.449 e. The van der Waals surface area contributed by atoms with Gasteiger partial charge in [0.2, 0.25) is 0 Å². The molecule has 1 amide bonds. The maximum absolute atomic E-state index is 12.1. The number of esters is 1. The standard InChI is InChI=1S/C18H24N2O4/c1-3-4-5-17(21)24-14(2)18(22)19-15-6-8-16(9-7-15)20-10-12-23-13-11-20/h4-9,14H,3,10-13H2,1-2H3,(H,19,22)/b5-4+/t14-/m1/s1. The molecule has 0 radical (unpaired) electrons. The zero-order valence-electron chi connectivity index (χ0n) is 14.2. The monoisotopic (exact) mass is 332 g/mol. The molecule has 1 aliphatic rings. The van der Waals surface area contributed by atoms with Crippen molar-refractivity contribution >= 4 is 23.3 Å². The van der Waals surface area contributed by atoms with Crippen LogP contribution in [0.25, 0.3) is 0 Å². The van der Waals surface area contributed by atoms with Gasteiger partial charge in [0.15, 0.2) is 6.10 Å².